The van der Waals surface area contributed by atoms with Gasteiger partial charge in [0.1, 0.15) is 0 Å². The number of amides is 1. The van der Waals surface area contributed by atoms with Crippen LogP contribution in [0.3, 0.4) is 0 Å². The molecular formula is C20H23N5OS. The van der Waals surface area contributed by atoms with Crippen LogP contribution in [-0.2, 0) is 0 Å². The molecule has 1 aliphatic rings. The van der Waals surface area contributed by atoms with Gasteiger partial charge < -0.3 is 15.1 Å². The molecular weight excluding hydrogens is 358 g/mol. The van der Waals surface area contributed by atoms with Crippen LogP contribution in [0.2, 0.25) is 0 Å². The zero-order chi connectivity index (χ0) is 19.0. The van der Waals surface area contributed by atoms with E-state index in [1.54, 1.807) is 0 Å². The molecule has 4 rings (SSSR count). The third-order valence-electron chi connectivity index (χ3n) is 4.93. The number of fused-ring (bicyclic) bond motifs is 1. The molecule has 3 aromatic rings. The summed E-state index contributed by atoms with van der Waals surface area (Å²) in [4.78, 5) is 27.3. The van der Waals surface area contributed by atoms with Crippen molar-refractivity contribution in [3.63, 3.8) is 0 Å². The van der Waals surface area contributed by atoms with Crippen LogP contribution in [0.1, 0.15) is 21.1 Å². The number of rotatable bonds is 3. The summed E-state index contributed by atoms with van der Waals surface area (Å²) in [5.41, 5.74) is 2.30. The van der Waals surface area contributed by atoms with Gasteiger partial charge in [0.25, 0.3) is 5.91 Å². The maximum absolute atomic E-state index is 12.7. The lowest BCUT2D eigenvalue weighted by Crippen LogP contribution is -2.45. The smallest absolute Gasteiger partial charge is 0.265 e. The van der Waals surface area contributed by atoms with Crippen LogP contribution in [0.15, 0.2) is 30.3 Å². The van der Waals surface area contributed by atoms with E-state index in [2.05, 4.69) is 32.1 Å². The van der Waals surface area contributed by atoms with E-state index in [0.29, 0.717) is 10.6 Å². The Morgan fingerprint density at radius 2 is 1.74 bits per heavy atom. The van der Waals surface area contributed by atoms with E-state index in [-0.39, 0.29) is 5.91 Å². The summed E-state index contributed by atoms with van der Waals surface area (Å²) in [7, 11) is 2.13. The van der Waals surface area contributed by atoms with Gasteiger partial charge in [0.05, 0.1) is 22.0 Å². The van der Waals surface area contributed by atoms with Crippen LogP contribution in [0.25, 0.3) is 10.1 Å². The fraction of sp³-hybridized carbons (Fsp3) is 0.350. The normalized spacial score (nSPS) is 15.3. The van der Waals surface area contributed by atoms with Gasteiger partial charge in [-0.25, -0.2) is 9.97 Å². The Hall–Kier alpha value is -2.51. The topological polar surface area (TPSA) is 61.4 Å². The lowest BCUT2D eigenvalue weighted by Gasteiger charge is -2.32. The lowest BCUT2D eigenvalue weighted by molar-refractivity contribution is 0.103. The summed E-state index contributed by atoms with van der Waals surface area (Å²) in [5, 5.41) is 4.10. The van der Waals surface area contributed by atoms with Crippen molar-refractivity contribution in [3.8, 4) is 0 Å². The summed E-state index contributed by atoms with van der Waals surface area (Å²) >= 11 is 1.50. The molecule has 1 aliphatic heterocycles. The third-order valence-corrected chi connectivity index (χ3v) is 6.05. The van der Waals surface area contributed by atoms with Crippen molar-refractivity contribution < 1.29 is 4.79 Å². The second kappa shape index (κ2) is 7.25. The number of aryl methyl sites for hydroxylation is 2. The van der Waals surface area contributed by atoms with Crippen molar-refractivity contribution in [2.45, 2.75) is 13.8 Å². The van der Waals surface area contributed by atoms with Crippen molar-refractivity contribution in [2.24, 2.45) is 0 Å². The standard InChI is InChI=1S/C20H23N5OS/c1-13-18(14(2)22-20(21-13)25-10-8-24(3)9-11-25)23-19(26)17-12-15-6-4-5-7-16(15)27-17/h4-7,12H,8-11H2,1-3H3,(H,23,26). The Balaban J connectivity index is 1.55. The maximum Gasteiger partial charge on any atom is 0.265 e. The van der Waals surface area contributed by atoms with E-state index in [9.17, 15) is 4.79 Å². The minimum atomic E-state index is -0.113. The number of likely N-dealkylation sites (N-methyl/N-ethyl adjacent to an activating group) is 1. The van der Waals surface area contributed by atoms with E-state index in [1.165, 1.54) is 11.3 Å². The molecule has 6 nitrogen and oxygen atoms in total. The van der Waals surface area contributed by atoms with Crippen molar-refractivity contribution in [1.29, 1.82) is 0 Å². The molecule has 0 unspecified atom stereocenters. The first kappa shape index (κ1) is 17.9. The molecule has 0 atom stereocenters. The SMILES string of the molecule is Cc1nc(N2CCN(C)CC2)nc(C)c1NC(=O)c1cc2ccccc2s1. The summed E-state index contributed by atoms with van der Waals surface area (Å²) in [5.74, 6) is 0.635. The molecule has 1 amide bonds. The van der Waals surface area contributed by atoms with Gasteiger partial charge in [0.2, 0.25) is 5.95 Å². The highest BCUT2D eigenvalue weighted by Gasteiger charge is 2.20. The number of benzene rings is 1. The molecule has 0 bridgehead atoms. The number of thiophene rings is 1. The molecule has 2 aromatic heterocycles. The van der Waals surface area contributed by atoms with Crippen LogP contribution in [0, 0.1) is 13.8 Å². The monoisotopic (exact) mass is 381 g/mol. The van der Waals surface area contributed by atoms with Crippen molar-refractivity contribution in [3.05, 3.63) is 46.6 Å². The molecule has 1 aromatic carbocycles. The first-order valence-electron chi connectivity index (χ1n) is 9.10. The van der Waals surface area contributed by atoms with Crippen LogP contribution in [-0.4, -0.2) is 54.0 Å². The van der Waals surface area contributed by atoms with Gasteiger partial charge in [-0.15, -0.1) is 11.3 Å². The van der Waals surface area contributed by atoms with Gasteiger partial charge in [-0.2, -0.15) is 0 Å². The number of hydrogen-bond acceptors (Lipinski definition) is 6. The van der Waals surface area contributed by atoms with Gasteiger partial charge in [-0.1, -0.05) is 18.2 Å². The van der Waals surface area contributed by atoms with E-state index >= 15 is 0 Å². The Morgan fingerprint density at radius 3 is 2.41 bits per heavy atom. The molecule has 27 heavy (non-hydrogen) atoms. The first-order chi connectivity index (χ1) is 13.0. The average Bonchev–Trinajstić information content (AvgIpc) is 3.09. The first-order valence-corrected chi connectivity index (χ1v) is 9.91. The number of aromatic nitrogens is 2. The Bertz CT molecular complexity index is 935. The van der Waals surface area contributed by atoms with E-state index in [0.717, 1.165) is 53.6 Å². The van der Waals surface area contributed by atoms with E-state index in [4.69, 9.17) is 0 Å². The van der Waals surface area contributed by atoms with Crippen LogP contribution >= 0.6 is 11.3 Å². The minimum Gasteiger partial charge on any atom is -0.338 e. The predicted octanol–water partition coefficient (Wildman–Crippen LogP) is 3.31. The fourth-order valence-corrected chi connectivity index (χ4v) is 4.25. The molecule has 3 heterocycles. The zero-order valence-corrected chi connectivity index (χ0v) is 16.6. The summed E-state index contributed by atoms with van der Waals surface area (Å²) < 4.78 is 1.11. The number of nitrogens with zero attached hydrogens (tertiary/aromatic N) is 4. The Morgan fingerprint density at radius 1 is 1.07 bits per heavy atom. The molecule has 0 aliphatic carbocycles. The predicted molar refractivity (Wildman–Crippen MR) is 111 cm³/mol. The quantitative estimate of drug-likeness (QED) is 0.754. The van der Waals surface area contributed by atoms with Gasteiger partial charge in [0, 0.05) is 30.9 Å². The minimum absolute atomic E-state index is 0.113. The summed E-state index contributed by atoms with van der Waals surface area (Å²) in [6.07, 6.45) is 0. The molecule has 1 N–H and O–H groups in total. The number of carbonyl (C=O) groups excluding carboxylic acids is 1. The third kappa shape index (κ3) is 3.65. The van der Waals surface area contributed by atoms with Gasteiger partial charge >= 0.3 is 0 Å². The number of hydrogen-bond donors (Lipinski definition) is 1. The largest absolute Gasteiger partial charge is 0.338 e. The Labute approximate surface area is 162 Å². The number of anilines is 2. The fourth-order valence-electron chi connectivity index (χ4n) is 3.30. The van der Waals surface area contributed by atoms with Crippen molar-refractivity contribution in [1.82, 2.24) is 14.9 Å². The average molecular weight is 382 g/mol. The Kier molecular flexibility index (Phi) is 4.80. The molecule has 0 spiro atoms. The van der Waals surface area contributed by atoms with E-state index < -0.39 is 0 Å². The molecule has 7 heteroatoms. The summed E-state index contributed by atoms with van der Waals surface area (Å²) in [6.45, 7) is 7.70. The van der Waals surface area contributed by atoms with Crippen LogP contribution < -0.4 is 10.2 Å². The number of nitrogens with one attached hydrogen (secondary N) is 1. The van der Waals surface area contributed by atoms with Crippen LogP contribution in [0.4, 0.5) is 11.6 Å². The highest BCUT2D eigenvalue weighted by atomic mass is 32.1. The van der Waals surface area contributed by atoms with Crippen LogP contribution in [0.5, 0.6) is 0 Å². The highest BCUT2D eigenvalue weighted by molar-refractivity contribution is 7.20. The lowest BCUT2D eigenvalue weighted by atomic mass is 10.2. The maximum atomic E-state index is 12.7. The van der Waals surface area contributed by atoms with Gasteiger partial charge in [0.15, 0.2) is 0 Å². The second-order valence-electron chi connectivity index (χ2n) is 6.96. The van der Waals surface area contributed by atoms with Gasteiger partial charge in [-0.05, 0) is 38.4 Å². The molecule has 140 valence electrons. The summed E-state index contributed by atoms with van der Waals surface area (Å²) in [6, 6.07) is 9.95. The molecule has 0 saturated carbocycles. The highest BCUT2D eigenvalue weighted by Crippen LogP contribution is 2.27. The second-order valence-corrected chi connectivity index (χ2v) is 8.05. The number of carbonyl (C=O) groups is 1. The van der Waals surface area contributed by atoms with E-state index in [1.807, 2.05) is 44.2 Å². The molecule has 0 radical (unpaired) electrons. The molecule has 1 saturated heterocycles. The number of piperazine rings is 1. The van der Waals surface area contributed by atoms with Crippen molar-refractivity contribution >= 4 is 39.0 Å². The zero-order valence-electron chi connectivity index (χ0n) is 15.8. The van der Waals surface area contributed by atoms with Gasteiger partial charge in [-0.3, -0.25) is 4.79 Å². The van der Waals surface area contributed by atoms with Crippen molar-refractivity contribution in [2.75, 3.05) is 43.4 Å². The molecule has 1 fully saturated rings.